The molecule has 15 heavy (non-hydrogen) atoms. The van der Waals surface area contributed by atoms with Gasteiger partial charge in [0, 0.05) is 11.6 Å². The second-order valence-electron chi connectivity index (χ2n) is 3.04. The molecule has 0 aliphatic heterocycles. The van der Waals surface area contributed by atoms with Gasteiger partial charge in [0.2, 0.25) is 0 Å². The van der Waals surface area contributed by atoms with Crippen molar-refractivity contribution < 1.29 is 0 Å². The molecule has 1 aromatic carbocycles. The van der Waals surface area contributed by atoms with Gasteiger partial charge in [0.05, 0.1) is 16.4 Å². The highest BCUT2D eigenvalue weighted by molar-refractivity contribution is 6.33. The number of aromatic nitrogens is 2. The van der Waals surface area contributed by atoms with Gasteiger partial charge in [-0.3, -0.25) is 4.79 Å². The lowest BCUT2D eigenvalue weighted by Gasteiger charge is -2.02. The van der Waals surface area contributed by atoms with Crippen molar-refractivity contribution in [3.63, 3.8) is 0 Å². The first-order valence-electron chi connectivity index (χ1n) is 4.28. The van der Waals surface area contributed by atoms with Gasteiger partial charge >= 0.3 is 0 Å². The highest BCUT2D eigenvalue weighted by Crippen LogP contribution is 2.24. The quantitative estimate of drug-likeness (QED) is 0.720. The molecule has 3 N–H and O–H groups in total. The van der Waals surface area contributed by atoms with Crippen LogP contribution in [0.4, 0.5) is 5.69 Å². The van der Waals surface area contributed by atoms with Crippen LogP contribution >= 0.6 is 11.6 Å². The lowest BCUT2D eigenvalue weighted by molar-refractivity contribution is 0.995. The molecule has 0 unspecified atom stereocenters. The van der Waals surface area contributed by atoms with Crippen molar-refractivity contribution in [2.75, 3.05) is 5.73 Å². The van der Waals surface area contributed by atoms with Crippen LogP contribution in [-0.2, 0) is 0 Å². The molecule has 0 radical (unpaired) electrons. The summed E-state index contributed by atoms with van der Waals surface area (Å²) in [6, 6.07) is 8.23. The third-order valence-corrected chi connectivity index (χ3v) is 2.32. The van der Waals surface area contributed by atoms with Crippen LogP contribution in [0, 0.1) is 0 Å². The number of benzene rings is 1. The van der Waals surface area contributed by atoms with Crippen molar-refractivity contribution in [2.24, 2.45) is 0 Å². The van der Waals surface area contributed by atoms with Crippen LogP contribution in [0.5, 0.6) is 0 Å². The third-order valence-electron chi connectivity index (χ3n) is 1.97. The van der Waals surface area contributed by atoms with E-state index in [4.69, 9.17) is 17.3 Å². The Morgan fingerprint density at radius 1 is 1.27 bits per heavy atom. The van der Waals surface area contributed by atoms with Crippen LogP contribution in [0.3, 0.4) is 0 Å². The van der Waals surface area contributed by atoms with Gasteiger partial charge in [-0.25, -0.2) is 5.10 Å². The largest absolute Gasteiger partial charge is 0.398 e. The number of nitrogen functional groups attached to an aromatic ring is 1. The molecular formula is C10H8ClN3O. The topological polar surface area (TPSA) is 71.8 Å². The normalized spacial score (nSPS) is 10.2. The predicted molar refractivity (Wildman–Crippen MR) is 59.7 cm³/mol. The second kappa shape index (κ2) is 3.74. The van der Waals surface area contributed by atoms with Crippen molar-refractivity contribution in [3.8, 4) is 11.3 Å². The van der Waals surface area contributed by atoms with Gasteiger partial charge in [0.25, 0.3) is 5.56 Å². The molecule has 0 aliphatic carbocycles. The van der Waals surface area contributed by atoms with Crippen molar-refractivity contribution in [1.82, 2.24) is 10.2 Å². The number of aromatic amines is 1. The maximum absolute atomic E-state index is 10.8. The van der Waals surface area contributed by atoms with E-state index in [9.17, 15) is 4.79 Å². The van der Waals surface area contributed by atoms with Crippen LogP contribution in [0.25, 0.3) is 11.3 Å². The van der Waals surface area contributed by atoms with E-state index < -0.39 is 0 Å². The van der Waals surface area contributed by atoms with Crippen molar-refractivity contribution in [2.45, 2.75) is 0 Å². The number of hydrogen-bond donors (Lipinski definition) is 2. The summed E-state index contributed by atoms with van der Waals surface area (Å²) in [6.45, 7) is 0. The average molecular weight is 222 g/mol. The fraction of sp³-hybridized carbons (Fsp3) is 0. The molecule has 0 bridgehead atoms. The number of nitrogens with zero attached hydrogens (tertiary/aromatic N) is 1. The minimum absolute atomic E-state index is 0.235. The lowest BCUT2D eigenvalue weighted by Crippen LogP contribution is -2.05. The first-order valence-corrected chi connectivity index (χ1v) is 4.66. The second-order valence-corrected chi connectivity index (χ2v) is 3.45. The van der Waals surface area contributed by atoms with Crippen LogP contribution in [-0.4, -0.2) is 10.2 Å². The fourth-order valence-corrected chi connectivity index (χ4v) is 1.33. The Balaban J connectivity index is 2.50. The van der Waals surface area contributed by atoms with Crippen LogP contribution in [0.15, 0.2) is 35.1 Å². The Morgan fingerprint density at radius 2 is 2.07 bits per heavy atom. The molecule has 2 aromatic rings. The number of rotatable bonds is 1. The Hall–Kier alpha value is -1.81. The van der Waals surface area contributed by atoms with E-state index in [0.717, 1.165) is 5.56 Å². The minimum Gasteiger partial charge on any atom is -0.398 e. The van der Waals surface area contributed by atoms with Gasteiger partial charge in [0.15, 0.2) is 0 Å². The molecule has 0 atom stereocenters. The predicted octanol–water partition coefficient (Wildman–Crippen LogP) is 1.67. The maximum Gasteiger partial charge on any atom is 0.264 e. The van der Waals surface area contributed by atoms with Gasteiger partial charge in [-0.15, -0.1) is 0 Å². The molecule has 76 valence electrons. The van der Waals surface area contributed by atoms with Crippen LogP contribution in [0.1, 0.15) is 0 Å². The van der Waals surface area contributed by atoms with E-state index in [0.29, 0.717) is 16.4 Å². The van der Waals surface area contributed by atoms with E-state index in [-0.39, 0.29) is 5.56 Å². The number of nitrogens with one attached hydrogen (secondary N) is 1. The summed E-state index contributed by atoms with van der Waals surface area (Å²) in [5.74, 6) is 0. The first-order chi connectivity index (χ1) is 7.16. The minimum atomic E-state index is -0.235. The summed E-state index contributed by atoms with van der Waals surface area (Å²) in [6.07, 6.45) is 0. The third kappa shape index (κ3) is 1.99. The molecule has 0 amide bonds. The fourth-order valence-electron chi connectivity index (χ4n) is 1.21. The Kier molecular flexibility index (Phi) is 2.43. The Labute approximate surface area is 90.7 Å². The van der Waals surface area contributed by atoms with Crippen molar-refractivity contribution in [3.05, 3.63) is 45.7 Å². The molecule has 4 nitrogen and oxygen atoms in total. The maximum atomic E-state index is 10.8. The molecule has 1 aromatic heterocycles. The number of nitrogens with two attached hydrogens (primary N) is 1. The first kappa shape index (κ1) is 9.73. The molecule has 0 aliphatic rings. The summed E-state index contributed by atoms with van der Waals surface area (Å²) in [7, 11) is 0. The van der Waals surface area contributed by atoms with E-state index in [1.54, 1.807) is 24.3 Å². The monoisotopic (exact) mass is 221 g/mol. The van der Waals surface area contributed by atoms with Gasteiger partial charge in [-0.2, -0.15) is 5.10 Å². The zero-order valence-corrected chi connectivity index (χ0v) is 8.45. The summed E-state index contributed by atoms with van der Waals surface area (Å²) >= 11 is 5.79. The van der Waals surface area contributed by atoms with Crippen LogP contribution in [0.2, 0.25) is 5.02 Å². The molecule has 0 spiro atoms. The van der Waals surface area contributed by atoms with Crippen molar-refractivity contribution >= 4 is 17.3 Å². The number of halogens is 1. The molecule has 0 saturated carbocycles. The summed E-state index contributed by atoms with van der Waals surface area (Å²) in [5, 5.41) is 6.74. The van der Waals surface area contributed by atoms with Gasteiger partial charge < -0.3 is 5.73 Å². The smallest absolute Gasteiger partial charge is 0.264 e. The highest BCUT2D eigenvalue weighted by atomic mass is 35.5. The number of hydrogen-bond acceptors (Lipinski definition) is 3. The zero-order chi connectivity index (χ0) is 10.8. The molecule has 2 rings (SSSR count). The number of anilines is 1. The van der Waals surface area contributed by atoms with Gasteiger partial charge in [-0.1, -0.05) is 17.7 Å². The summed E-state index contributed by atoms with van der Waals surface area (Å²) in [4.78, 5) is 10.8. The molecular weight excluding hydrogens is 214 g/mol. The van der Waals surface area contributed by atoms with E-state index in [1.165, 1.54) is 6.07 Å². The average Bonchev–Trinajstić information content (AvgIpc) is 2.23. The van der Waals surface area contributed by atoms with E-state index in [1.807, 2.05) is 0 Å². The molecule has 0 fully saturated rings. The molecule has 1 heterocycles. The Bertz CT molecular complexity index is 530. The molecule has 0 saturated heterocycles. The van der Waals surface area contributed by atoms with Gasteiger partial charge in [0.1, 0.15) is 0 Å². The lowest BCUT2D eigenvalue weighted by atomic mass is 10.1. The van der Waals surface area contributed by atoms with Crippen LogP contribution < -0.4 is 11.3 Å². The van der Waals surface area contributed by atoms with Crippen molar-refractivity contribution in [1.29, 1.82) is 0 Å². The zero-order valence-electron chi connectivity index (χ0n) is 7.70. The highest BCUT2D eigenvalue weighted by Gasteiger charge is 2.02. The SMILES string of the molecule is Nc1cc(-c2ccc(=O)[nH]n2)ccc1Cl. The van der Waals surface area contributed by atoms with E-state index >= 15 is 0 Å². The van der Waals surface area contributed by atoms with Gasteiger partial charge in [-0.05, 0) is 18.2 Å². The Morgan fingerprint density at radius 3 is 2.67 bits per heavy atom. The number of H-pyrrole nitrogens is 1. The summed E-state index contributed by atoms with van der Waals surface area (Å²) < 4.78 is 0. The molecule has 5 heteroatoms. The standard InChI is InChI=1S/C10H8ClN3O/c11-7-2-1-6(5-8(7)12)9-3-4-10(15)14-13-9/h1-5H,12H2,(H,14,15). The summed E-state index contributed by atoms with van der Waals surface area (Å²) in [5.41, 5.74) is 7.37. The van der Waals surface area contributed by atoms with E-state index in [2.05, 4.69) is 10.2 Å².